The van der Waals surface area contributed by atoms with Gasteiger partial charge in [-0.05, 0) is 12.1 Å². The molecule has 0 aliphatic rings. The van der Waals surface area contributed by atoms with Crippen molar-refractivity contribution in [3.05, 3.63) is 24.3 Å². The molecule has 0 saturated heterocycles. The third kappa shape index (κ3) is 4.42. The zero-order valence-corrected chi connectivity index (χ0v) is 10.1. The van der Waals surface area contributed by atoms with Crippen molar-refractivity contribution in [2.45, 2.75) is 12.5 Å². The van der Waals surface area contributed by atoms with Crippen LogP contribution in [-0.4, -0.2) is 32.8 Å². The number of hydrogen-bond donors (Lipinski definition) is 2. The zero-order chi connectivity index (χ0) is 12.7. The molecule has 0 aliphatic heterocycles. The SMILES string of the molecule is COc1cccc(NC(=O)CC(CN)OC)c1. The van der Waals surface area contributed by atoms with Gasteiger partial charge in [0.25, 0.3) is 0 Å². The van der Waals surface area contributed by atoms with E-state index in [2.05, 4.69) is 5.32 Å². The number of carbonyl (C=O) groups is 1. The predicted octanol–water partition coefficient (Wildman–Crippen LogP) is 0.997. The summed E-state index contributed by atoms with van der Waals surface area (Å²) in [6, 6.07) is 7.17. The second kappa shape index (κ2) is 6.88. The monoisotopic (exact) mass is 238 g/mol. The molecule has 0 bridgehead atoms. The van der Waals surface area contributed by atoms with Crippen LogP contribution in [0.1, 0.15) is 6.42 Å². The quantitative estimate of drug-likeness (QED) is 0.775. The summed E-state index contributed by atoms with van der Waals surface area (Å²) in [6.07, 6.45) is -0.00915. The van der Waals surface area contributed by atoms with Gasteiger partial charge in [0.15, 0.2) is 0 Å². The van der Waals surface area contributed by atoms with Gasteiger partial charge in [0.05, 0.1) is 19.6 Å². The standard InChI is InChI=1S/C12H18N2O3/c1-16-10-5-3-4-9(6-10)14-12(15)7-11(8-13)17-2/h3-6,11H,7-8,13H2,1-2H3,(H,14,15). The average Bonchev–Trinajstić information content (AvgIpc) is 2.36. The van der Waals surface area contributed by atoms with Crippen LogP contribution in [0.5, 0.6) is 5.75 Å². The van der Waals surface area contributed by atoms with E-state index >= 15 is 0 Å². The Kier molecular flexibility index (Phi) is 5.45. The fourth-order valence-corrected chi connectivity index (χ4v) is 1.38. The highest BCUT2D eigenvalue weighted by molar-refractivity contribution is 5.91. The second-order valence-corrected chi connectivity index (χ2v) is 3.58. The average molecular weight is 238 g/mol. The summed E-state index contributed by atoms with van der Waals surface area (Å²) < 4.78 is 10.1. The molecule has 1 amide bonds. The van der Waals surface area contributed by atoms with Gasteiger partial charge in [-0.3, -0.25) is 4.79 Å². The molecule has 3 N–H and O–H groups in total. The van der Waals surface area contributed by atoms with E-state index in [1.54, 1.807) is 19.2 Å². The lowest BCUT2D eigenvalue weighted by Crippen LogP contribution is -2.28. The van der Waals surface area contributed by atoms with Crippen LogP contribution in [0.3, 0.4) is 0 Å². The van der Waals surface area contributed by atoms with Crippen LogP contribution in [0.15, 0.2) is 24.3 Å². The Morgan fingerprint density at radius 1 is 1.47 bits per heavy atom. The fraction of sp³-hybridized carbons (Fsp3) is 0.417. The molecule has 1 aromatic rings. The van der Waals surface area contributed by atoms with E-state index in [4.69, 9.17) is 15.2 Å². The van der Waals surface area contributed by atoms with Gasteiger partial charge in [-0.25, -0.2) is 0 Å². The highest BCUT2D eigenvalue weighted by atomic mass is 16.5. The van der Waals surface area contributed by atoms with Crippen molar-refractivity contribution in [3.63, 3.8) is 0 Å². The molecule has 1 unspecified atom stereocenters. The lowest BCUT2D eigenvalue weighted by atomic mass is 10.2. The maximum atomic E-state index is 11.7. The topological polar surface area (TPSA) is 73.6 Å². The van der Waals surface area contributed by atoms with Crippen LogP contribution in [-0.2, 0) is 9.53 Å². The number of anilines is 1. The van der Waals surface area contributed by atoms with Crippen LogP contribution >= 0.6 is 0 Å². The van der Waals surface area contributed by atoms with E-state index in [9.17, 15) is 4.79 Å². The van der Waals surface area contributed by atoms with Crippen molar-refractivity contribution in [2.24, 2.45) is 5.73 Å². The van der Waals surface area contributed by atoms with Gasteiger partial charge in [-0.1, -0.05) is 6.07 Å². The maximum Gasteiger partial charge on any atom is 0.227 e. The number of benzene rings is 1. The molecule has 0 saturated carbocycles. The van der Waals surface area contributed by atoms with E-state index in [1.807, 2.05) is 12.1 Å². The van der Waals surface area contributed by atoms with Crippen molar-refractivity contribution in [1.82, 2.24) is 0 Å². The Hall–Kier alpha value is -1.59. The molecular formula is C12H18N2O3. The maximum absolute atomic E-state index is 11.7. The third-order valence-electron chi connectivity index (χ3n) is 2.36. The first-order chi connectivity index (χ1) is 8.19. The van der Waals surface area contributed by atoms with Crippen molar-refractivity contribution >= 4 is 11.6 Å². The number of nitrogens with one attached hydrogen (secondary N) is 1. The van der Waals surface area contributed by atoms with Crippen LogP contribution in [0, 0.1) is 0 Å². The fourth-order valence-electron chi connectivity index (χ4n) is 1.38. The van der Waals surface area contributed by atoms with E-state index in [-0.39, 0.29) is 18.4 Å². The first-order valence-electron chi connectivity index (χ1n) is 5.36. The number of rotatable bonds is 6. The Morgan fingerprint density at radius 3 is 2.82 bits per heavy atom. The Bertz CT molecular complexity index is 365. The first kappa shape index (κ1) is 13.5. The Balaban J connectivity index is 2.55. The highest BCUT2D eigenvalue weighted by Crippen LogP contribution is 2.16. The lowest BCUT2D eigenvalue weighted by Gasteiger charge is -2.12. The molecule has 0 heterocycles. The van der Waals surface area contributed by atoms with E-state index in [0.29, 0.717) is 18.0 Å². The molecular weight excluding hydrogens is 220 g/mol. The normalized spacial score (nSPS) is 11.9. The number of ether oxygens (including phenoxy) is 2. The highest BCUT2D eigenvalue weighted by Gasteiger charge is 2.11. The summed E-state index contributed by atoms with van der Waals surface area (Å²) in [4.78, 5) is 11.7. The van der Waals surface area contributed by atoms with Gasteiger partial charge in [-0.15, -0.1) is 0 Å². The summed E-state index contributed by atoms with van der Waals surface area (Å²) in [7, 11) is 3.12. The zero-order valence-electron chi connectivity index (χ0n) is 10.1. The van der Waals surface area contributed by atoms with Crippen LogP contribution in [0.2, 0.25) is 0 Å². The molecule has 1 rings (SSSR count). The second-order valence-electron chi connectivity index (χ2n) is 3.58. The van der Waals surface area contributed by atoms with Crippen molar-refractivity contribution in [3.8, 4) is 5.75 Å². The summed E-state index contributed by atoms with van der Waals surface area (Å²) in [5, 5.41) is 2.76. The molecule has 5 nitrogen and oxygen atoms in total. The predicted molar refractivity (Wildman–Crippen MR) is 66.1 cm³/mol. The Labute approximate surface area is 101 Å². The molecule has 0 aromatic heterocycles. The molecule has 0 radical (unpaired) electrons. The van der Waals surface area contributed by atoms with Gasteiger partial charge in [0.1, 0.15) is 5.75 Å². The van der Waals surface area contributed by atoms with E-state index in [0.717, 1.165) is 0 Å². The van der Waals surface area contributed by atoms with E-state index in [1.165, 1.54) is 7.11 Å². The van der Waals surface area contributed by atoms with Gasteiger partial charge >= 0.3 is 0 Å². The molecule has 17 heavy (non-hydrogen) atoms. The minimum Gasteiger partial charge on any atom is -0.497 e. The smallest absolute Gasteiger partial charge is 0.227 e. The summed E-state index contributed by atoms with van der Waals surface area (Å²) >= 11 is 0. The number of methoxy groups -OCH3 is 2. The van der Waals surface area contributed by atoms with Gasteiger partial charge < -0.3 is 20.5 Å². The summed E-state index contributed by atoms with van der Waals surface area (Å²) in [5.41, 5.74) is 6.14. The minimum absolute atomic E-state index is 0.129. The van der Waals surface area contributed by atoms with Crippen molar-refractivity contribution in [1.29, 1.82) is 0 Å². The lowest BCUT2D eigenvalue weighted by molar-refractivity contribution is -0.118. The molecule has 94 valence electrons. The molecule has 1 atom stereocenters. The largest absolute Gasteiger partial charge is 0.497 e. The van der Waals surface area contributed by atoms with Gasteiger partial charge in [0, 0.05) is 25.4 Å². The van der Waals surface area contributed by atoms with Crippen LogP contribution in [0.25, 0.3) is 0 Å². The summed E-state index contributed by atoms with van der Waals surface area (Å²) in [5.74, 6) is 0.570. The number of nitrogens with two attached hydrogens (primary N) is 1. The van der Waals surface area contributed by atoms with Crippen molar-refractivity contribution < 1.29 is 14.3 Å². The van der Waals surface area contributed by atoms with Crippen LogP contribution in [0.4, 0.5) is 5.69 Å². The molecule has 0 fully saturated rings. The number of hydrogen-bond acceptors (Lipinski definition) is 4. The first-order valence-corrected chi connectivity index (χ1v) is 5.36. The van der Waals surface area contributed by atoms with Gasteiger partial charge in [0.2, 0.25) is 5.91 Å². The molecule has 5 heteroatoms. The molecule has 0 aliphatic carbocycles. The number of amides is 1. The van der Waals surface area contributed by atoms with Crippen molar-refractivity contribution in [2.75, 3.05) is 26.1 Å². The van der Waals surface area contributed by atoms with Crippen LogP contribution < -0.4 is 15.8 Å². The third-order valence-corrected chi connectivity index (χ3v) is 2.36. The molecule has 0 spiro atoms. The van der Waals surface area contributed by atoms with Gasteiger partial charge in [-0.2, -0.15) is 0 Å². The molecule has 1 aromatic carbocycles. The minimum atomic E-state index is -0.249. The Morgan fingerprint density at radius 2 is 2.24 bits per heavy atom. The summed E-state index contributed by atoms with van der Waals surface area (Å²) in [6.45, 7) is 0.321. The van der Waals surface area contributed by atoms with E-state index < -0.39 is 0 Å². The number of carbonyl (C=O) groups excluding carboxylic acids is 1.